The van der Waals surface area contributed by atoms with E-state index in [2.05, 4.69) is 35.7 Å². The van der Waals surface area contributed by atoms with Crippen molar-refractivity contribution in [1.29, 1.82) is 0 Å². The highest BCUT2D eigenvalue weighted by Gasteiger charge is 2.42. The minimum Gasteiger partial charge on any atom is -0.366 e. The Bertz CT molecular complexity index is 628. The summed E-state index contributed by atoms with van der Waals surface area (Å²) in [6.07, 6.45) is 2.01. The molecule has 0 spiro atoms. The molecule has 0 bridgehead atoms. The molecule has 1 aliphatic heterocycles. The molecule has 1 unspecified atom stereocenters. The molecule has 1 aliphatic rings. The summed E-state index contributed by atoms with van der Waals surface area (Å²) >= 11 is 1.63. The van der Waals surface area contributed by atoms with E-state index in [0.717, 1.165) is 30.0 Å². The van der Waals surface area contributed by atoms with Gasteiger partial charge >= 0.3 is 0 Å². The molecule has 3 heteroatoms. The fraction of sp³-hybridized carbons (Fsp3) is 0.263. The Morgan fingerprint density at radius 2 is 1.68 bits per heavy atom. The number of hydrogen-bond donors (Lipinski definition) is 1. The molecule has 2 aromatic carbocycles. The van der Waals surface area contributed by atoms with Crippen molar-refractivity contribution >= 4 is 11.8 Å². The summed E-state index contributed by atoms with van der Waals surface area (Å²) in [5, 5.41) is 12.1. The van der Waals surface area contributed by atoms with Gasteiger partial charge in [0.25, 0.3) is 0 Å². The third kappa shape index (κ3) is 3.06. The quantitative estimate of drug-likeness (QED) is 0.903. The van der Waals surface area contributed by atoms with Gasteiger partial charge < -0.3 is 10.0 Å². The molecular formula is C19H21NOS. The Morgan fingerprint density at radius 3 is 2.36 bits per heavy atom. The van der Waals surface area contributed by atoms with Crippen LogP contribution in [0, 0.1) is 0 Å². The number of benzene rings is 2. The Morgan fingerprint density at radius 1 is 1.05 bits per heavy atom. The molecule has 0 aliphatic carbocycles. The first-order chi connectivity index (χ1) is 10.7. The van der Waals surface area contributed by atoms with E-state index in [9.17, 15) is 5.11 Å². The number of thioether (sulfide) groups is 1. The highest BCUT2D eigenvalue weighted by atomic mass is 32.2. The van der Waals surface area contributed by atoms with Crippen LogP contribution in [0.3, 0.4) is 0 Å². The van der Waals surface area contributed by atoms with Gasteiger partial charge in [-0.25, -0.2) is 0 Å². The highest BCUT2D eigenvalue weighted by molar-refractivity contribution is 8.03. The SMILES string of the molecule is C=C1SCC(O)(c2ccccc2)N1CCCc1ccccc1. The van der Waals surface area contributed by atoms with Crippen LogP contribution in [-0.4, -0.2) is 22.3 Å². The van der Waals surface area contributed by atoms with Crippen LogP contribution in [0.2, 0.25) is 0 Å². The topological polar surface area (TPSA) is 23.5 Å². The summed E-state index contributed by atoms with van der Waals surface area (Å²) in [5.74, 6) is 0.640. The highest BCUT2D eigenvalue weighted by Crippen LogP contribution is 2.43. The van der Waals surface area contributed by atoms with E-state index in [1.165, 1.54) is 5.56 Å². The number of hydrogen-bond acceptors (Lipinski definition) is 3. The minimum absolute atomic E-state index is 0.640. The van der Waals surface area contributed by atoms with Crippen LogP contribution < -0.4 is 0 Å². The lowest BCUT2D eigenvalue weighted by molar-refractivity contribution is -0.0638. The molecule has 2 nitrogen and oxygen atoms in total. The van der Waals surface area contributed by atoms with Crippen LogP contribution in [0.25, 0.3) is 0 Å². The minimum atomic E-state index is -0.931. The lowest BCUT2D eigenvalue weighted by Gasteiger charge is -2.35. The maximum Gasteiger partial charge on any atom is 0.174 e. The first kappa shape index (κ1) is 15.2. The zero-order chi connectivity index (χ0) is 15.4. The van der Waals surface area contributed by atoms with Crippen molar-refractivity contribution in [2.75, 3.05) is 12.3 Å². The lowest BCUT2D eigenvalue weighted by atomic mass is 10.0. The predicted octanol–water partition coefficient (Wildman–Crippen LogP) is 3.98. The summed E-state index contributed by atoms with van der Waals surface area (Å²) in [4.78, 5) is 2.05. The monoisotopic (exact) mass is 311 g/mol. The molecule has 0 saturated carbocycles. The third-order valence-electron chi connectivity index (χ3n) is 4.11. The van der Waals surface area contributed by atoms with Crippen molar-refractivity contribution in [2.24, 2.45) is 0 Å². The number of rotatable bonds is 5. The molecule has 0 amide bonds. The average molecular weight is 311 g/mol. The molecule has 114 valence electrons. The molecular weight excluding hydrogens is 290 g/mol. The normalized spacial score (nSPS) is 21.3. The van der Waals surface area contributed by atoms with E-state index >= 15 is 0 Å². The van der Waals surface area contributed by atoms with Crippen LogP contribution in [-0.2, 0) is 12.1 Å². The summed E-state index contributed by atoms with van der Waals surface area (Å²) in [7, 11) is 0. The van der Waals surface area contributed by atoms with Crippen molar-refractivity contribution < 1.29 is 5.11 Å². The van der Waals surface area contributed by atoms with Crippen molar-refractivity contribution in [3.05, 3.63) is 83.4 Å². The van der Waals surface area contributed by atoms with Crippen LogP contribution >= 0.6 is 11.8 Å². The van der Waals surface area contributed by atoms with E-state index in [1.54, 1.807) is 11.8 Å². The second-order valence-corrected chi connectivity index (χ2v) is 6.65. The van der Waals surface area contributed by atoms with Crippen LogP contribution in [0.1, 0.15) is 17.5 Å². The third-order valence-corrected chi connectivity index (χ3v) is 5.21. The largest absolute Gasteiger partial charge is 0.366 e. The molecule has 0 radical (unpaired) electrons. The molecule has 1 N–H and O–H groups in total. The second-order valence-electron chi connectivity index (χ2n) is 5.61. The van der Waals surface area contributed by atoms with E-state index in [-0.39, 0.29) is 0 Å². The first-order valence-electron chi connectivity index (χ1n) is 7.61. The van der Waals surface area contributed by atoms with Gasteiger partial charge in [0.05, 0.1) is 10.8 Å². The molecule has 1 atom stereocenters. The summed E-state index contributed by atoms with van der Waals surface area (Å²) in [6.45, 7) is 4.92. The van der Waals surface area contributed by atoms with Gasteiger partial charge in [0, 0.05) is 12.1 Å². The number of aliphatic hydroxyl groups is 1. The molecule has 3 rings (SSSR count). The maximum absolute atomic E-state index is 11.1. The van der Waals surface area contributed by atoms with Crippen molar-refractivity contribution in [3.8, 4) is 0 Å². The smallest absolute Gasteiger partial charge is 0.174 e. The molecule has 2 aromatic rings. The number of nitrogens with zero attached hydrogens (tertiary/aromatic N) is 1. The van der Waals surface area contributed by atoms with E-state index in [4.69, 9.17) is 0 Å². The Balaban J connectivity index is 1.69. The van der Waals surface area contributed by atoms with Crippen LogP contribution in [0.4, 0.5) is 0 Å². The van der Waals surface area contributed by atoms with Gasteiger partial charge in [-0.1, -0.05) is 67.2 Å². The van der Waals surface area contributed by atoms with Gasteiger partial charge in [0.15, 0.2) is 5.72 Å². The van der Waals surface area contributed by atoms with Crippen molar-refractivity contribution in [3.63, 3.8) is 0 Å². The molecule has 1 heterocycles. The van der Waals surface area contributed by atoms with Crippen molar-refractivity contribution in [1.82, 2.24) is 4.90 Å². The zero-order valence-electron chi connectivity index (χ0n) is 12.6. The van der Waals surface area contributed by atoms with Crippen LogP contribution in [0.5, 0.6) is 0 Å². The van der Waals surface area contributed by atoms with Gasteiger partial charge in [-0.3, -0.25) is 0 Å². The molecule has 22 heavy (non-hydrogen) atoms. The second kappa shape index (κ2) is 6.59. The maximum atomic E-state index is 11.1. The molecule has 0 aromatic heterocycles. The van der Waals surface area contributed by atoms with Crippen LogP contribution in [0.15, 0.2) is 72.3 Å². The van der Waals surface area contributed by atoms with Gasteiger partial charge in [0.2, 0.25) is 0 Å². The van der Waals surface area contributed by atoms with E-state index in [0.29, 0.717) is 5.75 Å². The molecule has 1 fully saturated rings. The van der Waals surface area contributed by atoms with E-state index < -0.39 is 5.72 Å². The Kier molecular flexibility index (Phi) is 4.55. The summed E-state index contributed by atoms with van der Waals surface area (Å²) < 4.78 is 0. The first-order valence-corrected chi connectivity index (χ1v) is 8.60. The Labute approximate surface area is 136 Å². The average Bonchev–Trinajstić information content (AvgIpc) is 2.86. The fourth-order valence-corrected chi connectivity index (χ4v) is 3.97. The van der Waals surface area contributed by atoms with Gasteiger partial charge in [-0.15, -0.1) is 11.8 Å². The van der Waals surface area contributed by atoms with Crippen molar-refractivity contribution in [2.45, 2.75) is 18.6 Å². The summed E-state index contributed by atoms with van der Waals surface area (Å²) in [6, 6.07) is 20.4. The number of aryl methyl sites for hydroxylation is 1. The van der Waals surface area contributed by atoms with Gasteiger partial charge in [0.1, 0.15) is 0 Å². The molecule has 1 saturated heterocycles. The summed E-state index contributed by atoms with van der Waals surface area (Å²) in [5.41, 5.74) is 1.35. The predicted molar refractivity (Wildman–Crippen MR) is 93.4 cm³/mol. The lowest BCUT2D eigenvalue weighted by Crippen LogP contribution is -2.42. The zero-order valence-corrected chi connectivity index (χ0v) is 13.4. The van der Waals surface area contributed by atoms with Gasteiger partial charge in [-0.05, 0) is 18.4 Å². The standard InChI is InChI=1S/C19H21NOS/c1-16-20(14-8-11-17-9-4-2-5-10-17)19(21,15-22-16)18-12-6-3-7-13-18/h2-7,9-10,12-13,21H,1,8,11,14-15H2. The van der Waals surface area contributed by atoms with Gasteiger partial charge in [-0.2, -0.15) is 0 Å². The fourth-order valence-electron chi connectivity index (χ4n) is 2.89. The Hall–Kier alpha value is -1.71. The van der Waals surface area contributed by atoms with E-state index in [1.807, 2.05) is 36.4 Å².